The lowest BCUT2D eigenvalue weighted by molar-refractivity contribution is -0.132. The molecule has 0 unspecified atom stereocenters. The van der Waals surface area contributed by atoms with Crippen LogP contribution in [0.5, 0.6) is 5.75 Å². The first kappa shape index (κ1) is 17.3. The van der Waals surface area contributed by atoms with Crippen LogP contribution in [-0.2, 0) is 9.59 Å². The van der Waals surface area contributed by atoms with Crippen molar-refractivity contribution in [2.75, 3.05) is 16.8 Å². The lowest BCUT2D eigenvalue weighted by Crippen LogP contribution is -2.53. The molecule has 1 heterocycles. The fourth-order valence-electron chi connectivity index (χ4n) is 2.71. The highest BCUT2D eigenvalue weighted by Crippen LogP contribution is 2.37. The van der Waals surface area contributed by atoms with Gasteiger partial charge in [0.05, 0.1) is 5.69 Å². The molecule has 0 atom stereocenters. The second kappa shape index (κ2) is 6.76. The maximum atomic E-state index is 12.7. The number of anilines is 2. The summed E-state index contributed by atoms with van der Waals surface area (Å²) in [6.07, 6.45) is 0.179. The van der Waals surface area contributed by atoms with Gasteiger partial charge < -0.3 is 15.0 Å². The third-order valence-electron chi connectivity index (χ3n) is 3.97. The van der Waals surface area contributed by atoms with Crippen molar-refractivity contribution in [3.8, 4) is 5.75 Å². The number of fused-ring (bicyclic) bond motifs is 1. The number of carbonyl (C=O) groups excluding carboxylic acids is 2. The fraction of sp³-hybridized carbons (Fsp3) is 0.263. The normalized spacial score (nSPS) is 15.3. The molecule has 6 heteroatoms. The summed E-state index contributed by atoms with van der Waals surface area (Å²) in [6.45, 7) is 3.74. The molecule has 3 rings (SSSR count). The van der Waals surface area contributed by atoms with Gasteiger partial charge in [-0.15, -0.1) is 0 Å². The monoisotopic (exact) mass is 358 g/mol. The molecular weight excluding hydrogens is 340 g/mol. The molecule has 0 saturated carbocycles. The number of rotatable bonds is 4. The highest BCUT2D eigenvalue weighted by atomic mass is 35.5. The van der Waals surface area contributed by atoms with Crippen LogP contribution < -0.4 is 15.0 Å². The van der Waals surface area contributed by atoms with Crippen LogP contribution in [0.25, 0.3) is 0 Å². The Labute approximate surface area is 151 Å². The third-order valence-corrected chi connectivity index (χ3v) is 4.22. The van der Waals surface area contributed by atoms with Gasteiger partial charge in [-0.05, 0) is 50.2 Å². The average Bonchev–Trinajstić information content (AvgIpc) is 2.57. The Morgan fingerprint density at radius 2 is 1.84 bits per heavy atom. The summed E-state index contributed by atoms with van der Waals surface area (Å²) >= 11 is 5.83. The minimum absolute atomic E-state index is 0.162. The molecule has 0 bridgehead atoms. The van der Waals surface area contributed by atoms with Crippen LogP contribution in [0.3, 0.4) is 0 Å². The Morgan fingerprint density at radius 3 is 2.56 bits per heavy atom. The van der Waals surface area contributed by atoms with Crippen molar-refractivity contribution in [1.29, 1.82) is 0 Å². The summed E-state index contributed by atoms with van der Waals surface area (Å²) in [6, 6.07) is 14.2. The average molecular weight is 359 g/mol. The molecular formula is C19H19ClN2O3. The van der Waals surface area contributed by atoms with Gasteiger partial charge in [-0.1, -0.05) is 23.7 Å². The second-order valence-corrected chi connectivity index (χ2v) is 6.78. The van der Waals surface area contributed by atoms with Gasteiger partial charge in [-0.2, -0.15) is 0 Å². The first-order valence-corrected chi connectivity index (χ1v) is 8.40. The van der Waals surface area contributed by atoms with E-state index in [0.717, 1.165) is 0 Å². The van der Waals surface area contributed by atoms with Crippen LogP contribution >= 0.6 is 11.6 Å². The van der Waals surface area contributed by atoms with Gasteiger partial charge >= 0.3 is 0 Å². The Balaban J connectivity index is 1.70. The lowest BCUT2D eigenvalue weighted by atomic mass is 10.0. The topological polar surface area (TPSA) is 58.6 Å². The molecule has 2 amide bonds. The number of hydrogen-bond donors (Lipinski definition) is 1. The first-order chi connectivity index (χ1) is 11.9. The molecule has 0 aromatic heterocycles. The van der Waals surface area contributed by atoms with Gasteiger partial charge in [0.15, 0.2) is 5.60 Å². The summed E-state index contributed by atoms with van der Waals surface area (Å²) in [5.41, 5.74) is 0.399. The summed E-state index contributed by atoms with van der Waals surface area (Å²) in [5, 5.41) is 3.41. The SMILES string of the molecule is CC1(C)Oc2ccccc2N(CCC(=O)Nc2ccc(Cl)cc2)C1=O. The highest BCUT2D eigenvalue weighted by molar-refractivity contribution is 6.30. The molecule has 0 saturated heterocycles. The molecule has 0 spiro atoms. The maximum absolute atomic E-state index is 12.7. The van der Waals surface area contributed by atoms with Crippen molar-refractivity contribution < 1.29 is 14.3 Å². The molecule has 25 heavy (non-hydrogen) atoms. The van der Waals surface area contributed by atoms with Crippen molar-refractivity contribution in [3.05, 3.63) is 53.6 Å². The number of halogens is 1. The van der Waals surface area contributed by atoms with E-state index in [9.17, 15) is 9.59 Å². The summed E-state index contributed by atoms with van der Waals surface area (Å²) < 4.78 is 5.77. The van der Waals surface area contributed by atoms with E-state index < -0.39 is 5.60 Å². The van der Waals surface area contributed by atoms with E-state index in [1.807, 2.05) is 24.3 Å². The van der Waals surface area contributed by atoms with E-state index in [1.54, 1.807) is 43.0 Å². The zero-order chi connectivity index (χ0) is 18.0. The van der Waals surface area contributed by atoms with E-state index >= 15 is 0 Å². The van der Waals surface area contributed by atoms with E-state index in [4.69, 9.17) is 16.3 Å². The summed E-state index contributed by atoms with van der Waals surface area (Å²) in [4.78, 5) is 26.5. The van der Waals surface area contributed by atoms with E-state index in [2.05, 4.69) is 5.32 Å². The largest absolute Gasteiger partial charge is 0.476 e. The number of ether oxygens (including phenoxy) is 1. The number of para-hydroxylation sites is 2. The predicted molar refractivity (Wildman–Crippen MR) is 98.2 cm³/mol. The molecule has 0 radical (unpaired) electrons. The van der Waals surface area contributed by atoms with Crippen molar-refractivity contribution in [1.82, 2.24) is 0 Å². The maximum Gasteiger partial charge on any atom is 0.270 e. The molecule has 2 aromatic rings. The molecule has 0 aliphatic carbocycles. The number of hydrogen-bond acceptors (Lipinski definition) is 3. The van der Waals surface area contributed by atoms with Gasteiger partial charge in [0.25, 0.3) is 5.91 Å². The van der Waals surface area contributed by atoms with Gasteiger partial charge in [-0.3, -0.25) is 9.59 Å². The third kappa shape index (κ3) is 3.77. The zero-order valence-corrected chi connectivity index (χ0v) is 14.8. The number of nitrogens with zero attached hydrogens (tertiary/aromatic N) is 1. The lowest BCUT2D eigenvalue weighted by Gasteiger charge is -2.38. The van der Waals surface area contributed by atoms with E-state index in [0.29, 0.717) is 22.1 Å². The van der Waals surface area contributed by atoms with Crippen LogP contribution in [0.2, 0.25) is 5.02 Å². The van der Waals surface area contributed by atoms with Gasteiger partial charge in [0.1, 0.15) is 5.75 Å². The van der Waals surface area contributed by atoms with Crippen LogP contribution in [-0.4, -0.2) is 24.0 Å². The Kier molecular flexibility index (Phi) is 4.68. The van der Waals surface area contributed by atoms with Crippen LogP contribution in [0.4, 0.5) is 11.4 Å². The minimum Gasteiger partial charge on any atom is -0.476 e. The molecule has 1 aliphatic rings. The minimum atomic E-state index is -0.957. The number of benzene rings is 2. The predicted octanol–water partition coefficient (Wildman–Crippen LogP) is 3.87. The zero-order valence-electron chi connectivity index (χ0n) is 14.1. The van der Waals surface area contributed by atoms with Crippen LogP contribution in [0.1, 0.15) is 20.3 Å². The molecule has 5 nitrogen and oxygen atoms in total. The smallest absolute Gasteiger partial charge is 0.270 e. The second-order valence-electron chi connectivity index (χ2n) is 6.34. The van der Waals surface area contributed by atoms with Crippen LogP contribution in [0.15, 0.2) is 48.5 Å². The number of carbonyl (C=O) groups is 2. The Morgan fingerprint density at radius 1 is 1.16 bits per heavy atom. The van der Waals surface area contributed by atoms with E-state index in [-0.39, 0.29) is 24.8 Å². The number of amides is 2. The molecule has 1 N–H and O–H groups in total. The molecule has 2 aromatic carbocycles. The van der Waals surface area contributed by atoms with Crippen molar-refractivity contribution in [2.24, 2.45) is 0 Å². The standard InChI is InChI=1S/C19H19ClN2O3/c1-19(2)18(24)22(15-5-3-4-6-16(15)25-19)12-11-17(23)21-14-9-7-13(20)8-10-14/h3-10H,11-12H2,1-2H3,(H,21,23). The fourth-order valence-corrected chi connectivity index (χ4v) is 2.84. The Hall–Kier alpha value is -2.53. The Bertz CT molecular complexity index is 803. The quantitative estimate of drug-likeness (QED) is 0.902. The first-order valence-electron chi connectivity index (χ1n) is 8.02. The van der Waals surface area contributed by atoms with Crippen molar-refractivity contribution in [2.45, 2.75) is 25.9 Å². The van der Waals surface area contributed by atoms with Gasteiger partial charge in [-0.25, -0.2) is 0 Å². The molecule has 0 fully saturated rings. The van der Waals surface area contributed by atoms with Crippen LogP contribution in [0, 0.1) is 0 Å². The van der Waals surface area contributed by atoms with Gasteiger partial charge in [0.2, 0.25) is 5.91 Å². The highest BCUT2D eigenvalue weighted by Gasteiger charge is 2.40. The summed E-state index contributed by atoms with van der Waals surface area (Å²) in [5.74, 6) is 0.313. The molecule has 130 valence electrons. The molecule has 1 aliphatic heterocycles. The van der Waals surface area contributed by atoms with E-state index in [1.165, 1.54) is 0 Å². The van der Waals surface area contributed by atoms with Crippen molar-refractivity contribution >= 4 is 34.8 Å². The van der Waals surface area contributed by atoms with Crippen molar-refractivity contribution in [3.63, 3.8) is 0 Å². The summed E-state index contributed by atoms with van der Waals surface area (Å²) in [7, 11) is 0. The van der Waals surface area contributed by atoms with Gasteiger partial charge in [0, 0.05) is 23.7 Å². The number of nitrogens with one attached hydrogen (secondary N) is 1.